The molecule has 0 radical (unpaired) electrons. The van der Waals surface area contributed by atoms with E-state index in [1.807, 2.05) is 43.0 Å². The highest BCUT2D eigenvalue weighted by molar-refractivity contribution is 5.78. The first-order valence-corrected chi connectivity index (χ1v) is 7.07. The van der Waals surface area contributed by atoms with Crippen molar-refractivity contribution in [2.75, 3.05) is 32.8 Å². The van der Waals surface area contributed by atoms with E-state index in [-0.39, 0.29) is 18.6 Å². The van der Waals surface area contributed by atoms with Gasteiger partial charge in [0, 0.05) is 25.7 Å². The number of amides is 1. The molecule has 1 saturated heterocycles. The molecule has 0 bridgehead atoms. The minimum Gasteiger partial charge on any atom is -0.490 e. The molecule has 2 rings (SSSR count). The van der Waals surface area contributed by atoms with Crippen molar-refractivity contribution in [3.05, 3.63) is 24.3 Å². The Kier molecular flexibility index (Phi) is 5.24. The van der Waals surface area contributed by atoms with Crippen LogP contribution < -0.4 is 14.8 Å². The predicted molar refractivity (Wildman–Crippen MR) is 77.2 cm³/mol. The van der Waals surface area contributed by atoms with E-state index in [9.17, 15) is 4.79 Å². The Morgan fingerprint density at radius 1 is 1.35 bits per heavy atom. The third kappa shape index (κ3) is 3.63. The number of benzene rings is 1. The topological polar surface area (TPSA) is 50.8 Å². The second-order valence-electron chi connectivity index (χ2n) is 4.81. The zero-order valence-corrected chi connectivity index (χ0v) is 12.1. The lowest BCUT2D eigenvalue weighted by atomic mass is 10.2. The molecule has 1 fully saturated rings. The van der Waals surface area contributed by atoms with Crippen LogP contribution in [0.1, 0.15) is 13.8 Å². The molecule has 1 aromatic rings. The van der Waals surface area contributed by atoms with E-state index in [0.29, 0.717) is 18.1 Å². The molecule has 1 amide bonds. The van der Waals surface area contributed by atoms with Crippen LogP contribution in [0.4, 0.5) is 0 Å². The fraction of sp³-hybridized carbons (Fsp3) is 0.533. The first-order chi connectivity index (χ1) is 9.72. The van der Waals surface area contributed by atoms with Gasteiger partial charge in [-0.1, -0.05) is 12.1 Å². The van der Waals surface area contributed by atoms with Gasteiger partial charge in [0.2, 0.25) is 0 Å². The summed E-state index contributed by atoms with van der Waals surface area (Å²) in [5.74, 6) is 1.31. The number of para-hydroxylation sites is 2. The van der Waals surface area contributed by atoms with E-state index >= 15 is 0 Å². The summed E-state index contributed by atoms with van der Waals surface area (Å²) >= 11 is 0. The van der Waals surface area contributed by atoms with E-state index < -0.39 is 0 Å². The average Bonchev–Trinajstić information content (AvgIpc) is 2.47. The summed E-state index contributed by atoms with van der Waals surface area (Å²) in [6.07, 6.45) is 0. The third-order valence-corrected chi connectivity index (χ3v) is 3.32. The lowest BCUT2D eigenvalue weighted by Gasteiger charge is -2.33. The Balaban J connectivity index is 1.92. The summed E-state index contributed by atoms with van der Waals surface area (Å²) in [7, 11) is 0. The summed E-state index contributed by atoms with van der Waals surface area (Å²) < 4.78 is 11.1. The lowest BCUT2D eigenvalue weighted by Crippen LogP contribution is -2.53. The van der Waals surface area contributed by atoms with E-state index in [0.717, 1.165) is 19.6 Å². The number of hydrogen-bond donors (Lipinski definition) is 1. The minimum absolute atomic E-state index is 0.0188. The zero-order valence-electron chi connectivity index (χ0n) is 12.1. The van der Waals surface area contributed by atoms with Crippen LogP contribution in [0.5, 0.6) is 11.5 Å². The molecule has 110 valence electrons. The fourth-order valence-corrected chi connectivity index (χ4v) is 2.28. The van der Waals surface area contributed by atoms with Gasteiger partial charge >= 0.3 is 0 Å². The van der Waals surface area contributed by atoms with Crippen molar-refractivity contribution in [2.24, 2.45) is 0 Å². The van der Waals surface area contributed by atoms with Crippen molar-refractivity contribution in [3.8, 4) is 11.5 Å². The molecule has 1 atom stereocenters. The van der Waals surface area contributed by atoms with Gasteiger partial charge in [0.1, 0.15) is 0 Å². The quantitative estimate of drug-likeness (QED) is 0.881. The normalized spacial score (nSPS) is 18.7. The first kappa shape index (κ1) is 14.7. The van der Waals surface area contributed by atoms with Gasteiger partial charge in [-0.25, -0.2) is 0 Å². The minimum atomic E-state index is 0.0188. The predicted octanol–water partition coefficient (Wildman–Crippen LogP) is 1.28. The van der Waals surface area contributed by atoms with Gasteiger partial charge in [-0.3, -0.25) is 4.79 Å². The number of rotatable bonds is 5. The van der Waals surface area contributed by atoms with Crippen molar-refractivity contribution in [1.82, 2.24) is 10.2 Å². The van der Waals surface area contributed by atoms with Crippen molar-refractivity contribution in [1.29, 1.82) is 0 Å². The van der Waals surface area contributed by atoms with Crippen molar-refractivity contribution in [2.45, 2.75) is 19.9 Å². The second kappa shape index (κ2) is 7.14. The van der Waals surface area contributed by atoms with Gasteiger partial charge in [0.05, 0.1) is 6.61 Å². The number of piperazine rings is 1. The molecular weight excluding hydrogens is 256 g/mol. The number of nitrogens with zero attached hydrogens (tertiary/aromatic N) is 1. The zero-order chi connectivity index (χ0) is 14.4. The van der Waals surface area contributed by atoms with Crippen molar-refractivity contribution >= 4 is 5.91 Å². The lowest BCUT2D eigenvalue weighted by molar-refractivity contribution is -0.136. The monoisotopic (exact) mass is 278 g/mol. The highest BCUT2D eigenvalue weighted by atomic mass is 16.5. The third-order valence-electron chi connectivity index (χ3n) is 3.32. The Bertz CT molecular complexity index is 450. The molecule has 1 heterocycles. The molecule has 20 heavy (non-hydrogen) atoms. The summed E-state index contributed by atoms with van der Waals surface area (Å²) in [5, 5.41) is 3.26. The Morgan fingerprint density at radius 3 is 2.70 bits per heavy atom. The molecule has 5 nitrogen and oxygen atoms in total. The molecule has 1 aromatic carbocycles. The molecule has 0 aromatic heterocycles. The van der Waals surface area contributed by atoms with Gasteiger partial charge < -0.3 is 19.7 Å². The van der Waals surface area contributed by atoms with E-state index in [2.05, 4.69) is 5.32 Å². The van der Waals surface area contributed by atoms with Crippen LogP contribution in [0.3, 0.4) is 0 Å². The van der Waals surface area contributed by atoms with Crippen molar-refractivity contribution < 1.29 is 14.3 Å². The maximum Gasteiger partial charge on any atom is 0.260 e. The summed E-state index contributed by atoms with van der Waals surface area (Å²) in [6.45, 7) is 6.99. The SMILES string of the molecule is CCOc1ccccc1OCC(=O)N1CCNC[C@@H]1C. The van der Waals surface area contributed by atoms with Crippen LogP contribution in [0, 0.1) is 0 Å². The Hall–Kier alpha value is -1.75. The standard InChI is InChI=1S/C15H22N2O3/c1-3-19-13-6-4-5-7-14(13)20-11-15(18)17-9-8-16-10-12(17)2/h4-7,12,16H,3,8-11H2,1-2H3/t12-/m0/s1. The van der Waals surface area contributed by atoms with Crippen LogP contribution in [-0.4, -0.2) is 49.7 Å². The largest absolute Gasteiger partial charge is 0.490 e. The van der Waals surface area contributed by atoms with E-state index in [4.69, 9.17) is 9.47 Å². The molecule has 0 saturated carbocycles. The number of carbonyl (C=O) groups is 1. The summed E-state index contributed by atoms with van der Waals surface area (Å²) in [6, 6.07) is 7.63. The van der Waals surface area contributed by atoms with Crippen LogP contribution in [-0.2, 0) is 4.79 Å². The molecule has 5 heteroatoms. The maximum atomic E-state index is 12.2. The fourth-order valence-electron chi connectivity index (χ4n) is 2.28. The van der Waals surface area contributed by atoms with Crippen LogP contribution in [0.2, 0.25) is 0 Å². The van der Waals surface area contributed by atoms with Crippen LogP contribution in [0.25, 0.3) is 0 Å². The Morgan fingerprint density at radius 2 is 2.05 bits per heavy atom. The number of nitrogens with one attached hydrogen (secondary N) is 1. The number of ether oxygens (including phenoxy) is 2. The van der Waals surface area contributed by atoms with Gasteiger partial charge in [-0.2, -0.15) is 0 Å². The maximum absolute atomic E-state index is 12.2. The summed E-state index contributed by atoms with van der Waals surface area (Å²) in [4.78, 5) is 14.0. The highest BCUT2D eigenvalue weighted by Gasteiger charge is 2.23. The first-order valence-electron chi connectivity index (χ1n) is 7.07. The molecule has 0 unspecified atom stereocenters. The van der Waals surface area contributed by atoms with Crippen LogP contribution in [0.15, 0.2) is 24.3 Å². The molecule has 1 N–H and O–H groups in total. The molecule has 0 aliphatic carbocycles. The summed E-state index contributed by atoms with van der Waals surface area (Å²) in [5.41, 5.74) is 0. The van der Waals surface area contributed by atoms with Gasteiger partial charge in [-0.05, 0) is 26.0 Å². The molecule has 1 aliphatic heterocycles. The molecule has 0 spiro atoms. The van der Waals surface area contributed by atoms with Gasteiger partial charge in [0.25, 0.3) is 5.91 Å². The molecule has 1 aliphatic rings. The molecular formula is C15H22N2O3. The second-order valence-corrected chi connectivity index (χ2v) is 4.81. The van der Waals surface area contributed by atoms with Crippen LogP contribution >= 0.6 is 0 Å². The smallest absolute Gasteiger partial charge is 0.260 e. The van der Waals surface area contributed by atoms with Crippen molar-refractivity contribution in [3.63, 3.8) is 0 Å². The van der Waals surface area contributed by atoms with Gasteiger partial charge in [0.15, 0.2) is 18.1 Å². The highest BCUT2D eigenvalue weighted by Crippen LogP contribution is 2.26. The van der Waals surface area contributed by atoms with Gasteiger partial charge in [-0.15, -0.1) is 0 Å². The number of carbonyl (C=O) groups excluding carboxylic acids is 1. The van der Waals surface area contributed by atoms with E-state index in [1.54, 1.807) is 0 Å². The Labute approximate surface area is 119 Å². The average molecular weight is 278 g/mol. The number of hydrogen-bond acceptors (Lipinski definition) is 4. The van der Waals surface area contributed by atoms with E-state index in [1.165, 1.54) is 0 Å².